The van der Waals surface area contributed by atoms with Crippen molar-refractivity contribution in [3.05, 3.63) is 0 Å². The molecule has 3 N–H and O–H groups in total. The molecule has 1 aliphatic heterocycles. The fourth-order valence-corrected chi connectivity index (χ4v) is 2.53. The van der Waals surface area contributed by atoms with Crippen molar-refractivity contribution >= 4 is 5.84 Å². The van der Waals surface area contributed by atoms with E-state index in [1.165, 1.54) is 0 Å². The van der Waals surface area contributed by atoms with E-state index in [-0.39, 0.29) is 6.04 Å². The number of amidine groups is 1. The molecule has 2 atom stereocenters. The molecule has 94 valence electrons. The second-order valence-electron chi connectivity index (χ2n) is 4.65. The van der Waals surface area contributed by atoms with E-state index in [9.17, 15) is 0 Å². The van der Waals surface area contributed by atoms with E-state index in [1.807, 2.05) is 0 Å². The van der Waals surface area contributed by atoms with Gasteiger partial charge in [-0.25, -0.2) is 0 Å². The molecule has 2 unspecified atom stereocenters. The Morgan fingerprint density at radius 2 is 2.25 bits per heavy atom. The fraction of sp³-hybridized carbons (Fsp3) is 0.909. The van der Waals surface area contributed by atoms with Crippen LogP contribution in [-0.2, 0) is 0 Å². The minimum atomic E-state index is 0.0616. The Morgan fingerprint density at radius 3 is 2.81 bits per heavy atom. The Labute approximate surface area is 97.9 Å². The van der Waals surface area contributed by atoms with Gasteiger partial charge in [0.25, 0.3) is 0 Å². The van der Waals surface area contributed by atoms with Crippen LogP contribution in [0, 0.1) is 0 Å². The summed E-state index contributed by atoms with van der Waals surface area (Å²) in [7, 11) is 2.14. The predicted molar refractivity (Wildman–Crippen MR) is 65.8 cm³/mol. The van der Waals surface area contributed by atoms with Crippen molar-refractivity contribution in [3.63, 3.8) is 0 Å². The maximum Gasteiger partial charge on any atom is 0.156 e. The molecule has 16 heavy (non-hydrogen) atoms. The van der Waals surface area contributed by atoms with E-state index < -0.39 is 0 Å². The van der Waals surface area contributed by atoms with E-state index in [2.05, 4.69) is 35.9 Å². The first-order valence-electron chi connectivity index (χ1n) is 6.01. The topological polar surface area (TPSA) is 65.1 Å². The van der Waals surface area contributed by atoms with Crippen LogP contribution in [0.1, 0.15) is 26.7 Å². The van der Waals surface area contributed by atoms with Crippen molar-refractivity contribution in [2.24, 2.45) is 10.9 Å². The second kappa shape index (κ2) is 6.06. The Morgan fingerprint density at radius 1 is 1.56 bits per heavy atom. The van der Waals surface area contributed by atoms with Gasteiger partial charge < -0.3 is 15.8 Å². The highest BCUT2D eigenvalue weighted by molar-refractivity contribution is 5.85. The van der Waals surface area contributed by atoms with Crippen LogP contribution in [0.2, 0.25) is 0 Å². The van der Waals surface area contributed by atoms with Gasteiger partial charge in [0.15, 0.2) is 5.84 Å². The number of rotatable bonds is 3. The number of nitrogens with two attached hydrogens (primary N) is 1. The molecule has 5 heteroatoms. The molecule has 0 aromatic rings. The molecule has 0 amide bonds. The number of hydrogen-bond acceptors (Lipinski definition) is 4. The van der Waals surface area contributed by atoms with Gasteiger partial charge in [-0.05, 0) is 33.4 Å². The lowest BCUT2D eigenvalue weighted by Crippen LogP contribution is -2.50. The lowest BCUT2D eigenvalue weighted by Gasteiger charge is -2.34. The fourth-order valence-electron chi connectivity index (χ4n) is 2.53. The maximum atomic E-state index is 8.80. The van der Waals surface area contributed by atoms with Crippen LogP contribution in [0.3, 0.4) is 0 Å². The molecular formula is C11H24N4O. The summed E-state index contributed by atoms with van der Waals surface area (Å²) in [6, 6.07) is 0.504. The summed E-state index contributed by atoms with van der Waals surface area (Å²) in [5.41, 5.74) is 5.75. The Bertz CT molecular complexity index is 244. The van der Waals surface area contributed by atoms with Crippen molar-refractivity contribution in [2.75, 3.05) is 26.7 Å². The van der Waals surface area contributed by atoms with Gasteiger partial charge in [-0.1, -0.05) is 12.1 Å². The van der Waals surface area contributed by atoms with Gasteiger partial charge in [-0.3, -0.25) is 4.90 Å². The van der Waals surface area contributed by atoms with Gasteiger partial charge in [0.1, 0.15) is 0 Å². The Balaban J connectivity index is 2.75. The minimum Gasteiger partial charge on any atom is -0.409 e. The molecular weight excluding hydrogens is 204 g/mol. The molecule has 0 aromatic carbocycles. The monoisotopic (exact) mass is 228 g/mol. The Kier molecular flexibility index (Phi) is 5.02. The first-order valence-corrected chi connectivity index (χ1v) is 6.01. The van der Waals surface area contributed by atoms with Crippen LogP contribution < -0.4 is 5.73 Å². The average Bonchev–Trinajstić information content (AvgIpc) is 2.41. The molecule has 1 heterocycles. The van der Waals surface area contributed by atoms with Crippen molar-refractivity contribution in [1.29, 1.82) is 0 Å². The first-order chi connectivity index (χ1) is 7.60. The zero-order valence-electron chi connectivity index (χ0n) is 10.6. The highest BCUT2D eigenvalue weighted by Crippen LogP contribution is 2.14. The van der Waals surface area contributed by atoms with Gasteiger partial charge in [0.2, 0.25) is 0 Å². The second-order valence-corrected chi connectivity index (χ2v) is 4.65. The molecule has 1 saturated heterocycles. The van der Waals surface area contributed by atoms with Gasteiger partial charge in [-0.15, -0.1) is 0 Å². The molecule has 0 saturated carbocycles. The number of hydrogen-bond donors (Lipinski definition) is 2. The highest BCUT2D eigenvalue weighted by atomic mass is 16.4. The number of nitrogens with zero attached hydrogens (tertiary/aromatic N) is 3. The van der Waals surface area contributed by atoms with E-state index >= 15 is 0 Å². The average molecular weight is 228 g/mol. The summed E-state index contributed by atoms with van der Waals surface area (Å²) in [6.45, 7) is 7.45. The Hall–Kier alpha value is -0.810. The molecule has 1 rings (SSSR count). The van der Waals surface area contributed by atoms with Crippen LogP contribution in [0.4, 0.5) is 0 Å². The third-order valence-electron chi connectivity index (χ3n) is 3.34. The maximum absolute atomic E-state index is 8.80. The normalized spacial score (nSPS) is 27.7. The van der Waals surface area contributed by atoms with Crippen LogP contribution >= 0.6 is 0 Å². The summed E-state index contributed by atoms with van der Waals surface area (Å²) in [4.78, 5) is 4.68. The van der Waals surface area contributed by atoms with Crippen molar-refractivity contribution in [3.8, 4) is 0 Å². The largest absolute Gasteiger partial charge is 0.409 e. The third-order valence-corrected chi connectivity index (χ3v) is 3.34. The summed E-state index contributed by atoms with van der Waals surface area (Å²) < 4.78 is 0. The van der Waals surface area contributed by atoms with Crippen LogP contribution in [0.5, 0.6) is 0 Å². The lowest BCUT2D eigenvalue weighted by atomic mass is 10.1. The van der Waals surface area contributed by atoms with E-state index in [0.717, 1.165) is 32.5 Å². The van der Waals surface area contributed by atoms with Gasteiger partial charge in [-0.2, -0.15) is 0 Å². The zero-order valence-corrected chi connectivity index (χ0v) is 10.6. The summed E-state index contributed by atoms with van der Waals surface area (Å²) in [5, 5.41) is 12.0. The molecule has 0 bridgehead atoms. The minimum absolute atomic E-state index is 0.0616. The summed E-state index contributed by atoms with van der Waals surface area (Å²) >= 11 is 0. The lowest BCUT2D eigenvalue weighted by molar-refractivity contribution is 0.170. The molecule has 0 spiro atoms. The molecule has 1 fully saturated rings. The van der Waals surface area contributed by atoms with Crippen LogP contribution in [0.25, 0.3) is 0 Å². The first kappa shape index (κ1) is 13.3. The third kappa shape index (κ3) is 3.09. The predicted octanol–water partition coefficient (Wildman–Crippen LogP) is 0.537. The van der Waals surface area contributed by atoms with Gasteiger partial charge >= 0.3 is 0 Å². The van der Waals surface area contributed by atoms with E-state index in [1.54, 1.807) is 0 Å². The SMILES string of the molecule is CCC(C(N)=NO)N1CCCN(C)CC1C. The number of likely N-dealkylation sites (N-methyl/N-ethyl adjacent to an activating group) is 1. The highest BCUT2D eigenvalue weighted by Gasteiger charge is 2.27. The van der Waals surface area contributed by atoms with E-state index in [4.69, 9.17) is 10.9 Å². The van der Waals surface area contributed by atoms with Gasteiger partial charge in [0.05, 0.1) is 6.04 Å². The van der Waals surface area contributed by atoms with E-state index in [0.29, 0.717) is 11.9 Å². The smallest absolute Gasteiger partial charge is 0.156 e. The van der Waals surface area contributed by atoms with Gasteiger partial charge in [0, 0.05) is 19.1 Å². The zero-order chi connectivity index (χ0) is 12.1. The van der Waals surface area contributed by atoms with Crippen molar-refractivity contribution in [2.45, 2.75) is 38.8 Å². The molecule has 0 radical (unpaired) electrons. The molecule has 0 aromatic heterocycles. The van der Waals surface area contributed by atoms with Crippen molar-refractivity contribution < 1.29 is 5.21 Å². The quantitative estimate of drug-likeness (QED) is 0.320. The molecule has 0 aliphatic carbocycles. The molecule has 5 nitrogen and oxygen atoms in total. The number of oxime groups is 1. The van der Waals surface area contributed by atoms with Crippen molar-refractivity contribution in [1.82, 2.24) is 9.80 Å². The molecule has 1 aliphatic rings. The summed E-state index contributed by atoms with van der Waals surface area (Å²) in [5.74, 6) is 0.332. The van der Waals surface area contributed by atoms with Crippen LogP contribution in [0.15, 0.2) is 5.16 Å². The standard InChI is InChI=1S/C11H24N4O/c1-4-10(11(12)13-16)15-7-5-6-14(3)8-9(15)2/h9-10,16H,4-8H2,1-3H3,(H2,12,13). The summed E-state index contributed by atoms with van der Waals surface area (Å²) in [6.07, 6.45) is 2.01. The van der Waals surface area contributed by atoms with Crippen LogP contribution in [-0.4, -0.2) is 59.6 Å².